The normalized spacial score (nSPS) is 15.2. The van der Waals surface area contributed by atoms with E-state index in [4.69, 9.17) is 0 Å². The molecule has 0 saturated carbocycles. The highest BCUT2D eigenvalue weighted by Gasteiger charge is 2.21. The average molecular weight is 328 g/mol. The monoisotopic (exact) mass is 328 g/mol. The molecule has 0 atom stereocenters. The molecule has 0 aliphatic carbocycles. The first-order valence-corrected chi connectivity index (χ1v) is 8.39. The highest BCUT2D eigenvalue weighted by atomic mass is 16.1. The zero-order valence-corrected chi connectivity index (χ0v) is 14.5. The number of aromatic nitrogens is 4. The van der Waals surface area contributed by atoms with E-state index in [-0.39, 0.29) is 5.56 Å². The van der Waals surface area contributed by atoms with Crippen LogP contribution in [0.25, 0.3) is 0 Å². The van der Waals surface area contributed by atoms with Gasteiger partial charge in [0.25, 0.3) is 5.56 Å². The van der Waals surface area contributed by atoms with Gasteiger partial charge in [0.05, 0.1) is 0 Å². The summed E-state index contributed by atoms with van der Waals surface area (Å²) >= 11 is 0. The molecule has 0 unspecified atom stereocenters. The molecule has 7 nitrogen and oxygen atoms in total. The molecule has 1 aliphatic heterocycles. The fourth-order valence-electron chi connectivity index (χ4n) is 2.96. The maximum Gasteiger partial charge on any atom is 0.293 e. The van der Waals surface area contributed by atoms with Gasteiger partial charge < -0.3 is 14.4 Å². The van der Waals surface area contributed by atoms with Gasteiger partial charge in [-0.15, -0.1) is 0 Å². The molecule has 24 heavy (non-hydrogen) atoms. The molecule has 7 heteroatoms. The first-order valence-electron chi connectivity index (χ1n) is 8.39. The number of hydrogen-bond donors (Lipinski definition) is 0. The zero-order chi connectivity index (χ0) is 17.1. The van der Waals surface area contributed by atoms with E-state index in [0.717, 1.165) is 37.8 Å². The van der Waals surface area contributed by atoms with Gasteiger partial charge in [-0.05, 0) is 18.9 Å². The SMILES string of the molecule is Cc1nccc(N2CCN(c3nccn(CC(C)C)c3=O)CC2)n1. The van der Waals surface area contributed by atoms with Crippen molar-refractivity contribution in [3.05, 3.63) is 40.8 Å². The van der Waals surface area contributed by atoms with Crippen molar-refractivity contribution in [2.45, 2.75) is 27.3 Å². The van der Waals surface area contributed by atoms with E-state index in [1.165, 1.54) is 0 Å². The Hall–Kier alpha value is -2.44. The lowest BCUT2D eigenvalue weighted by molar-refractivity contribution is 0.506. The molecule has 0 N–H and O–H groups in total. The zero-order valence-electron chi connectivity index (χ0n) is 14.5. The Morgan fingerprint density at radius 2 is 1.79 bits per heavy atom. The molecule has 1 saturated heterocycles. The van der Waals surface area contributed by atoms with Crippen LogP contribution >= 0.6 is 0 Å². The highest BCUT2D eigenvalue weighted by Crippen LogP contribution is 2.15. The second-order valence-electron chi connectivity index (χ2n) is 6.54. The summed E-state index contributed by atoms with van der Waals surface area (Å²) in [6.07, 6.45) is 5.28. The number of piperazine rings is 1. The molecular formula is C17H24N6O. The van der Waals surface area contributed by atoms with Crippen molar-refractivity contribution < 1.29 is 0 Å². The van der Waals surface area contributed by atoms with Crippen LogP contribution in [-0.4, -0.2) is 45.7 Å². The topological polar surface area (TPSA) is 67.2 Å². The predicted octanol–water partition coefficient (Wildman–Crippen LogP) is 1.32. The minimum atomic E-state index is -0.00229. The average Bonchev–Trinajstić information content (AvgIpc) is 2.57. The van der Waals surface area contributed by atoms with Crippen LogP contribution in [-0.2, 0) is 6.54 Å². The van der Waals surface area contributed by atoms with Crippen LogP contribution < -0.4 is 15.4 Å². The summed E-state index contributed by atoms with van der Waals surface area (Å²) in [5.41, 5.74) is -0.00229. The van der Waals surface area contributed by atoms with Crippen LogP contribution in [0.1, 0.15) is 19.7 Å². The molecule has 3 heterocycles. The molecule has 2 aromatic rings. The van der Waals surface area contributed by atoms with E-state index >= 15 is 0 Å². The Morgan fingerprint density at radius 3 is 2.46 bits per heavy atom. The van der Waals surface area contributed by atoms with Gasteiger partial charge in [0.15, 0.2) is 5.82 Å². The first kappa shape index (κ1) is 16.4. The lowest BCUT2D eigenvalue weighted by Crippen LogP contribution is -2.49. The summed E-state index contributed by atoms with van der Waals surface area (Å²) in [6, 6.07) is 1.93. The van der Waals surface area contributed by atoms with Gasteiger partial charge in [-0.25, -0.2) is 15.0 Å². The summed E-state index contributed by atoms with van der Waals surface area (Å²) in [4.78, 5) is 29.9. The summed E-state index contributed by atoms with van der Waals surface area (Å²) in [7, 11) is 0. The van der Waals surface area contributed by atoms with E-state index < -0.39 is 0 Å². The Labute approximate surface area is 142 Å². The smallest absolute Gasteiger partial charge is 0.293 e. The molecule has 2 aromatic heterocycles. The third-order valence-corrected chi connectivity index (χ3v) is 4.12. The first-order chi connectivity index (χ1) is 11.5. The van der Waals surface area contributed by atoms with E-state index in [2.05, 4.69) is 38.6 Å². The minimum absolute atomic E-state index is 0.00229. The molecule has 3 rings (SSSR count). The number of aryl methyl sites for hydroxylation is 1. The molecule has 0 amide bonds. The second kappa shape index (κ2) is 6.98. The van der Waals surface area contributed by atoms with Gasteiger partial charge in [0, 0.05) is 51.3 Å². The molecule has 0 spiro atoms. The quantitative estimate of drug-likeness (QED) is 0.843. The summed E-state index contributed by atoms with van der Waals surface area (Å²) in [6.45, 7) is 9.98. The number of nitrogens with zero attached hydrogens (tertiary/aromatic N) is 6. The van der Waals surface area contributed by atoms with Crippen molar-refractivity contribution in [1.82, 2.24) is 19.5 Å². The standard InChI is InChI=1S/C17H24N6O/c1-13(2)12-23-7-6-19-16(17(23)24)22-10-8-21(9-11-22)15-4-5-18-14(3)20-15/h4-7,13H,8-12H2,1-3H3. The van der Waals surface area contributed by atoms with Crippen molar-refractivity contribution >= 4 is 11.6 Å². The number of rotatable bonds is 4. The fourth-order valence-corrected chi connectivity index (χ4v) is 2.96. The van der Waals surface area contributed by atoms with Gasteiger partial charge in [-0.3, -0.25) is 4.79 Å². The van der Waals surface area contributed by atoms with Gasteiger partial charge in [-0.1, -0.05) is 13.8 Å². The van der Waals surface area contributed by atoms with Crippen molar-refractivity contribution in [2.75, 3.05) is 36.0 Å². The molecule has 128 valence electrons. The molecular weight excluding hydrogens is 304 g/mol. The van der Waals surface area contributed by atoms with Gasteiger partial charge >= 0.3 is 0 Å². The fraction of sp³-hybridized carbons (Fsp3) is 0.529. The van der Waals surface area contributed by atoms with Crippen LogP contribution in [0.15, 0.2) is 29.5 Å². The third kappa shape index (κ3) is 3.55. The Kier molecular flexibility index (Phi) is 4.78. The lowest BCUT2D eigenvalue weighted by atomic mass is 10.2. The van der Waals surface area contributed by atoms with Crippen LogP contribution in [0.2, 0.25) is 0 Å². The Balaban J connectivity index is 1.72. The van der Waals surface area contributed by atoms with Crippen molar-refractivity contribution in [3.63, 3.8) is 0 Å². The maximum absolute atomic E-state index is 12.6. The van der Waals surface area contributed by atoms with Crippen LogP contribution in [0.3, 0.4) is 0 Å². The van der Waals surface area contributed by atoms with E-state index in [0.29, 0.717) is 18.3 Å². The number of anilines is 2. The molecule has 0 bridgehead atoms. The molecule has 0 aromatic carbocycles. The lowest BCUT2D eigenvalue weighted by Gasteiger charge is -2.35. The largest absolute Gasteiger partial charge is 0.353 e. The minimum Gasteiger partial charge on any atom is -0.353 e. The Bertz CT molecular complexity index is 749. The molecule has 0 radical (unpaired) electrons. The van der Waals surface area contributed by atoms with Crippen molar-refractivity contribution in [3.8, 4) is 0 Å². The van der Waals surface area contributed by atoms with Crippen molar-refractivity contribution in [2.24, 2.45) is 5.92 Å². The van der Waals surface area contributed by atoms with Crippen LogP contribution in [0.5, 0.6) is 0 Å². The second-order valence-corrected chi connectivity index (χ2v) is 6.54. The highest BCUT2D eigenvalue weighted by molar-refractivity contribution is 5.43. The molecule has 1 aliphatic rings. The number of hydrogen-bond acceptors (Lipinski definition) is 6. The van der Waals surface area contributed by atoms with Crippen LogP contribution in [0, 0.1) is 12.8 Å². The van der Waals surface area contributed by atoms with Crippen molar-refractivity contribution in [1.29, 1.82) is 0 Å². The van der Waals surface area contributed by atoms with Crippen LogP contribution in [0.4, 0.5) is 11.6 Å². The maximum atomic E-state index is 12.6. The van der Waals surface area contributed by atoms with Gasteiger partial charge in [0.2, 0.25) is 0 Å². The third-order valence-electron chi connectivity index (χ3n) is 4.12. The van der Waals surface area contributed by atoms with E-state index in [1.807, 2.05) is 13.0 Å². The van der Waals surface area contributed by atoms with E-state index in [9.17, 15) is 4.79 Å². The summed E-state index contributed by atoms with van der Waals surface area (Å²) in [5.74, 6) is 2.70. The van der Waals surface area contributed by atoms with Gasteiger partial charge in [0.1, 0.15) is 11.6 Å². The van der Waals surface area contributed by atoms with E-state index in [1.54, 1.807) is 23.2 Å². The van der Waals surface area contributed by atoms with Gasteiger partial charge in [-0.2, -0.15) is 0 Å². The summed E-state index contributed by atoms with van der Waals surface area (Å²) < 4.78 is 1.76. The Morgan fingerprint density at radius 1 is 1.08 bits per heavy atom. The molecule has 1 fully saturated rings. The summed E-state index contributed by atoms with van der Waals surface area (Å²) in [5, 5.41) is 0. The predicted molar refractivity (Wildman–Crippen MR) is 94.5 cm³/mol.